The zero-order chi connectivity index (χ0) is 24.6. The molecule has 3 amide bonds. The van der Waals surface area contributed by atoms with Gasteiger partial charge in [-0.3, -0.25) is 19.3 Å². The molecule has 0 radical (unpaired) electrons. The van der Waals surface area contributed by atoms with Gasteiger partial charge in [-0.1, -0.05) is 32.0 Å². The summed E-state index contributed by atoms with van der Waals surface area (Å²) in [4.78, 5) is 52.6. The van der Waals surface area contributed by atoms with Crippen LogP contribution in [-0.4, -0.2) is 41.2 Å². The van der Waals surface area contributed by atoms with Gasteiger partial charge in [-0.2, -0.15) is 0 Å². The third kappa shape index (κ3) is 4.96. The fraction of sp³-hybridized carbons (Fsp3) is 0.273. The second-order valence-corrected chi connectivity index (χ2v) is 10.8. The summed E-state index contributed by atoms with van der Waals surface area (Å²) in [7, 11) is 0. The SMILES string of the molecule is Cc1ccccc1NC(=O)COC(=O)[C@@H](C(C)C)N1C(=O)c2c(Br)c(Br)c(Br)c(Br)c2C1=O. The average molecular weight is 710 g/mol. The molecule has 0 bridgehead atoms. The second kappa shape index (κ2) is 10.4. The van der Waals surface area contributed by atoms with E-state index in [0.717, 1.165) is 10.5 Å². The van der Waals surface area contributed by atoms with Crippen LogP contribution in [-0.2, 0) is 14.3 Å². The highest BCUT2D eigenvalue weighted by molar-refractivity contribution is 9.15. The number of halogens is 4. The first kappa shape index (κ1) is 26.1. The maximum Gasteiger partial charge on any atom is 0.330 e. The lowest BCUT2D eigenvalue weighted by molar-refractivity contribution is -0.152. The topological polar surface area (TPSA) is 92.8 Å². The van der Waals surface area contributed by atoms with Gasteiger partial charge in [0.05, 0.1) is 11.1 Å². The van der Waals surface area contributed by atoms with E-state index in [2.05, 4.69) is 69.0 Å². The van der Waals surface area contributed by atoms with Crippen molar-refractivity contribution in [1.82, 2.24) is 4.90 Å². The molecule has 0 spiro atoms. The average Bonchev–Trinajstić information content (AvgIpc) is 3.01. The van der Waals surface area contributed by atoms with Gasteiger partial charge >= 0.3 is 5.97 Å². The molecule has 0 saturated carbocycles. The van der Waals surface area contributed by atoms with E-state index in [-0.39, 0.29) is 11.1 Å². The lowest BCUT2D eigenvalue weighted by Gasteiger charge is -2.27. The number of hydrogen-bond acceptors (Lipinski definition) is 5. The molecule has 7 nitrogen and oxygen atoms in total. The summed E-state index contributed by atoms with van der Waals surface area (Å²) in [6.45, 7) is 4.67. The van der Waals surface area contributed by atoms with Crippen molar-refractivity contribution in [2.24, 2.45) is 5.92 Å². The zero-order valence-corrected chi connectivity index (χ0v) is 24.0. The lowest BCUT2D eigenvalue weighted by Crippen LogP contribution is -2.49. The van der Waals surface area contributed by atoms with Crippen LogP contribution < -0.4 is 5.32 Å². The number of hydrogen-bond donors (Lipinski definition) is 1. The van der Waals surface area contributed by atoms with Gasteiger partial charge in [-0.05, 0) is 88.2 Å². The Hall–Kier alpha value is -1.56. The number of imide groups is 1. The second-order valence-electron chi connectivity index (χ2n) is 7.65. The Balaban J connectivity index is 1.82. The van der Waals surface area contributed by atoms with E-state index in [4.69, 9.17) is 4.74 Å². The number of nitrogens with one attached hydrogen (secondary N) is 1. The number of aryl methyl sites for hydroxylation is 1. The Bertz CT molecular complexity index is 1130. The molecule has 11 heteroatoms. The lowest BCUT2D eigenvalue weighted by atomic mass is 10.0. The minimum atomic E-state index is -1.21. The van der Waals surface area contributed by atoms with Crippen molar-refractivity contribution >= 4 is 93.1 Å². The summed E-state index contributed by atoms with van der Waals surface area (Å²) < 4.78 is 7.10. The Morgan fingerprint density at radius 2 is 1.45 bits per heavy atom. The van der Waals surface area contributed by atoms with Gasteiger partial charge in [0.25, 0.3) is 17.7 Å². The van der Waals surface area contributed by atoms with E-state index < -0.39 is 42.3 Å². The molecule has 0 saturated heterocycles. The van der Waals surface area contributed by atoms with E-state index >= 15 is 0 Å². The number of ether oxygens (including phenoxy) is 1. The molecule has 2 aromatic carbocycles. The van der Waals surface area contributed by atoms with Crippen LogP contribution in [0.3, 0.4) is 0 Å². The predicted octanol–water partition coefficient (Wildman–Crippen LogP) is 5.85. The van der Waals surface area contributed by atoms with E-state index in [0.29, 0.717) is 23.6 Å². The van der Waals surface area contributed by atoms with Gasteiger partial charge in [-0.15, -0.1) is 0 Å². The van der Waals surface area contributed by atoms with Gasteiger partial charge in [-0.25, -0.2) is 4.79 Å². The van der Waals surface area contributed by atoms with Crippen LogP contribution in [0.15, 0.2) is 42.2 Å². The molecule has 0 aliphatic carbocycles. The number of amides is 3. The monoisotopic (exact) mass is 706 g/mol. The number of esters is 1. The first-order chi connectivity index (χ1) is 15.5. The van der Waals surface area contributed by atoms with Crippen LogP contribution in [0.1, 0.15) is 40.1 Å². The van der Waals surface area contributed by atoms with Crippen molar-refractivity contribution < 1.29 is 23.9 Å². The fourth-order valence-corrected chi connectivity index (χ4v) is 5.87. The fourth-order valence-electron chi connectivity index (χ4n) is 3.42. The maximum atomic E-state index is 13.2. The van der Waals surface area contributed by atoms with Crippen LogP contribution in [0.4, 0.5) is 5.69 Å². The molecule has 1 aliphatic rings. The number of para-hydroxylation sites is 1. The summed E-state index contributed by atoms with van der Waals surface area (Å²) in [5.74, 6) is -3.08. The first-order valence-corrected chi connectivity index (χ1v) is 12.9. The number of fused-ring (bicyclic) bond motifs is 1. The van der Waals surface area contributed by atoms with Crippen LogP contribution >= 0.6 is 63.7 Å². The van der Waals surface area contributed by atoms with Crippen molar-refractivity contribution in [3.8, 4) is 0 Å². The summed E-state index contributed by atoms with van der Waals surface area (Å²) in [5.41, 5.74) is 1.73. The Kier molecular flexibility index (Phi) is 8.19. The van der Waals surface area contributed by atoms with Crippen LogP contribution in [0.5, 0.6) is 0 Å². The molecule has 1 aliphatic heterocycles. The molecule has 2 aromatic rings. The predicted molar refractivity (Wildman–Crippen MR) is 137 cm³/mol. The standard InChI is InChI=1S/C22H18Br4N2O5/c1-9(2)19(22(32)33-8-12(29)27-11-7-5-4-6-10(11)3)28-20(30)13-14(21(28)31)16(24)18(26)17(25)15(13)23/h4-7,9,19H,8H2,1-3H3,(H,27,29)/t19-/m1/s1. The number of nitrogens with zero attached hydrogens (tertiary/aromatic N) is 1. The largest absolute Gasteiger partial charge is 0.454 e. The molecular formula is C22H18Br4N2O5. The van der Waals surface area contributed by atoms with Crippen LogP contribution in [0.2, 0.25) is 0 Å². The van der Waals surface area contributed by atoms with Crippen molar-refractivity contribution in [2.45, 2.75) is 26.8 Å². The Labute approximate surface area is 224 Å². The summed E-state index contributed by atoms with van der Waals surface area (Å²) in [6, 6.07) is 5.98. The molecule has 174 valence electrons. The maximum absolute atomic E-state index is 13.2. The highest BCUT2D eigenvalue weighted by Crippen LogP contribution is 2.46. The first-order valence-electron chi connectivity index (χ1n) is 9.73. The molecule has 3 rings (SSSR count). The number of carbonyl (C=O) groups is 4. The van der Waals surface area contributed by atoms with E-state index in [9.17, 15) is 19.2 Å². The number of rotatable bonds is 6. The van der Waals surface area contributed by atoms with Gasteiger partial charge in [0.2, 0.25) is 0 Å². The third-order valence-corrected chi connectivity index (χ3v) is 9.82. The van der Waals surface area contributed by atoms with Crippen molar-refractivity contribution in [3.05, 3.63) is 58.8 Å². The van der Waals surface area contributed by atoms with Gasteiger partial charge in [0.1, 0.15) is 6.04 Å². The van der Waals surface area contributed by atoms with Crippen molar-refractivity contribution in [1.29, 1.82) is 0 Å². The van der Waals surface area contributed by atoms with Crippen molar-refractivity contribution in [2.75, 3.05) is 11.9 Å². The third-order valence-electron chi connectivity index (χ3n) is 5.05. The summed E-state index contributed by atoms with van der Waals surface area (Å²) in [5, 5.41) is 2.68. The summed E-state index contributed by atoms with van der Waals surface area (Å²) >= 11 is 13.5. The number of benzene rings is 2. The molecule has 1 atom stereocenters. The quantitative estimate of drug-likeness (QED) is 0.176. The summed E-state index contributed by atoms with van der Waals surface area (Å²) in [6.07, 6.45) is 0. The molecule has 0 unspecified atom stereocenters. The highest BCUT2D eigenvalue weighted by Gasteiger charge is 2.47. The smallest absolute Gasteiger partial charge is 0.330 e. The van der Waals surface area contributed by atoms with Crippen LogP contribution in [0, 0.1) is 12.8 Å². The van der Waals surface area contributed by atoms with E-state index in [1.807, 2.05) is 19.1 Å². The molecular weight excluding hydrogens is 692 g/mol. The molecule has 33 heavy (non-hydrogen) atoms. The zero-order valence-electron chi connectivity index (χ0n) is 17.7. The van der Waals surface area contributed by atoms with Gasteiger partial charge < -0.3 is 10.1 Å². The molecule has 0 fully saturated rings. The normalized spacial score (nSPS) is 13.9. The molecule has 0 aromatic heterocycles. The van der Waals surface area contributed by atoms with E-state index in [1.54, 1.807) is 26.0 Å². The number of anilines is 1. The Morgan fingerprint density at radius 1 is 0.939 bits per heavy atom. The highest BCUT2D eigenvalue weighted by atomic mass is 79.9. The Morgan fingerprint density at radius 3 is 1.94 bits per heavy atom. The minimum Gasteiger partial charge on any atom is -0.454 e. The van der Waals surface area contributed by atoms with Gasteiger partial charge in [0, 0.05) is 23.6 Å². The molecule has 1 N–H and O–H groups in total. The van der Waals surface area contributed by atoms with Gasteiger partial charge in [0.15, 0.2) is 6.61 Å². The van der Waals surface area contributed by atoms with Crippen LogP contribution in [0.25, 0.3) is 0 Å². The molecule has 1 heterocycles. The van der Waals surface area contributed by atoms with E-state index in [1.165, 1.54) is 0 Å². The number of carbonyl (C=O) groups excluding carboxylic acids is 4. The minimum absolute atomic E-state index is 0.137. The van der Waals surface area contributed by atoms with Crippen molar-refractivity contribution in [3.63, 3.8) is 0 Å².